The van der Waals surface area contributed by atoms with E-state index in [-0.39, 0.29) is 6.10 Å². The van der Waals surface area contributed by atoms with Gasteiger partial charge in [0.15, 0.2) is 5.69 Å². The van der Waals surface area contributed by atoms with Crippen molar-refractivity contribution in [3.63, 3.8) is 0 Å². The summed E-state index contributed by atoms with van der Waals surface area (Å²) >= 11 is 0. The Bertz CT molecular complexity index is 604. The van der Waals surface area contributed by atoms with Crippen molar-refractivity contribution < 1.29 is 4.74 Å². The van der Waals surface area contributed by atoms with Crippen molar-refractivity contribution >= 4 is 5.82 Å². The lowest BCUT2D eigenvalue weighted by atomic mass is 10.2. The van der Waals surface area contributed by atoms with Gasteiger partial charge in [0.05, 0.1) is 18.5 Å². The Hall–Kier alpha value is -2.68. The van der Waals surface area contributed by atoms with Crippen molar-refractivity contribution in [2.75, 3.05) is 5.32 Å². The molecule has 2 aromatic heterocycles. The molecule has 0 atom stereocenters. The molecule has 0 radical (unpaired) electrons. The number of pyridine rings is 1. The molecule has 0 fully saturated rings. The molecule has 102 valence electrons. The Morgan fingerprint density at radius 2 is 2.15 bits per heavy atom. The van der Waals surface area contributed by atoms with Crippen LogP contribution in [0.25, 0.3) is 0 Å². The summed E-state index contributed by atoms with van der Waals surface area (Å²) in [4.78, 5) is 12.3. The molecule has 6 heteroatoms. The van der Waals surface area contributed by atoms with E-state index < -0.39 is 0 Å². The van der Waals surface area contributed by atoms with Crippen molar-refractivity contribution in [2.45, 2.75) is 26.5 Å². The first-order valence-electron chi connectivity index (χ1n) is 6.25. The Kier molecular flexibility index (Phi) is 4.45. The van der Waals surface area contributed by atoms with Crippen molar-refractivity contribution in [1.29, 1.82) is 5.26 Å². The standard InChI is InChI=1S/C14H15N5O/c1-10(2)20-14-11(4-3-5-16-14)7-18-13-9-17-12(6-15)8-19-13/h3-5,8-10H,7H2,1-2H3,(H,18,19). The van der Waals surface area contributed by atoms with Crippen LogP contribution in [0.1, 0.15) is 25.1 Å². The number of hydrogen-bond acceptors (Lipinski definition) is 6. The Morgan fingerprint density at radius 3 is 2.80 bits per heavy atom. The van der Waals surface area contributed by atoms with E-state index >= 15 is 0 Å². The van der Waals surface area contributed by atoms with Crippen LogP contribution in [0.15, 0.2) is 30.7 Å². The van der Waals surface area contributed by atoms with Crippen LogP contribution in [0.5, 0.6) is 5.88 Å². The van der Waals surface area contributed by atoms with Gasteiger partial charge in [-0.2, -0.15) is 5.26 Å². The van der Waals surface area contributed by atoms with Gasteiger partial charge in [0, 0.05) is 18.3 Å². The molecule has 0 aromatic carbocycles. The number of rotatable bonds is 5. The van der Waals surface area contributed by atoms with Crippen molar-refractivity contribution in [2.24, 2.45) is 0 Å². The minimum atomic E-state index is 0.0679. The summed E-state index contributed by atoms with van der Waals surface area (Å²) < 4.78 is 5.64. The minimum Gasteiger partial charge on any atom is -0.475 e. The molecule has 0 bridgehead atoms. The highest BCUT2D eigenvalue weighted by molar-refractivity contribution is 5.36. The first-order chi connectivity index (χ1) is 9.69. The molecule has 0 amide bonds. The highest BCUT2D eigenvalue weighted by atomic mass is 16.5. The third-order valence-corrected chi connectivity index (χ3v) is 2.42. The Balaban J connectivity index is 2.04. The predicted octanol–water partition coefficient (Wildman–Crippen LogP) is 2.14. The highest BCUT2D eigenvalue weighted by Gasteiger charge is 2.06. The fraction of sp³-hybridized carbons (Fsp3) is 0.286. The van der Waals surface area contributed by atoms with Crippen LogP contribution in [-0.4, -0.2) is 21.1 Å². The van der Waals surface area contributed by atoms with Crippen LogP contribution in [0.3, 0.4) is 0 Å². The van der Waals surface area contributed by atoms with Gasteiger partial charge < -0.3 is 10.1 Å². The van der Waals surface area contributed by atoms with Crippen molar-refractivity contribution in [3.05, 3.63) is 42.0 Å². The quantitative estimate of drug-likeness (QED) is 0.895. The van der Waals surface area contributed by atoms with Crippen LogP contribution in [0.4, 0.5) is 5.82 Å². The zero-order valence-electron chi connectivity index (χ0n) is 11.4. The smallest absolute Gasteiger partial charge is 0.218 e. The van der Waals surface area contributed by atoms with Gasteiger partial charge in [0.1, 0.15) is 11.9 Å². The molecule has 6 nitrogen and oxygen atoms in total. The maximum atomic E-state index is 8.66. The third-order valence-electron chi connectivity index (χ3n) is 2.42. The number of nitriles is 1. The monoisotopic (exact) mass is 269 g/mol. The second kappa shape index (κ2) is 6.48. The second-order valence-electron chi connectivity index (χ2n) is 4.39. The summed E-state index contributed by atoms with van der Waals surface area (Å²) in [7, 11) is 0. The Morgan fingerprint density at radius 1 is 1.30 bits per heavy atom. The lowest BCUT2D eigenvalue weighted by molar-refractivity contribution is 0.230. The van der Waals surface area contributed by atoms with Crippen LogP contribution in [0, 0.1) is 11.3 Å². The average Bonchev–Trinajstić information content (AvgIpc) is 2.46. The molecular formula is C14H15N5O. The number of anilines is 1. The van der Waals surface area contributed by atoms with E-state index in [1.807, 2.05) is 32.0 Å². The topological polar surface area (TPSA) is 83.7 Å². The molecule has 0 aliphatic carbocycles. The largest absolute Gasteiger partial charge is 0.475 e. The maximum Gasteiger partial charge on any atom is 0.218 e. The molecule has 0 aliphatic heterocycles. The van der Waals surface area contributed by atoms with Gasteiger partial charge in [0.25, 0.3) is 0 Å². The lowest BCUT2D eigenvalue weighted by Gasteiger charge is -2.13. The Labute approximate surface area is 117 Å². The van der Waals surface area contributed by atoms with E-state index in [0.717, 1.165) is 5.56 Å². The molecule has 2 aromatic rings. The van der Waals surface area contributed by atoms with E-state index in [1.54, 1.807) is 6.20 Å². The lowest BCUT2D eigenvalue weighted by Crippen LogP contribution is -2.11. The summed E-state index contributed by atoms with van der Waals surface area (Å²) in [5, 5.41) is 11.8. The summed E-state index contributed by atoms with van der Waals surface area (Å²) in [6.07, 6.45) is 4.72. The normalized spacial score (nSPS) is 10.1. The number of nitrogens with one attached hydrogen (secondary N) is 1. The van der Waals surface area contributed by atoms with Crippen LogP contribution >= 0.6 is 0 Å². The van der Waals surface area contributed by atoms with Gasteiger partial charge >= 0.3 is 0 Å². The fourth-order valence-corrected chi connectivity index (χ4v) is 1.55. The molecule has 2 rings (SSSR count). The third kappa shape index (κ3) is 3.65. The predicted molar refractivity (Wildman–Crippen MR) is 74.1 cm³/mol. The molecule has 0 saturated heterocycles. The van der Waals surface area contributed by atoms with Crippen molar-refractivity contribution in [1.82, 2.24) is 15.0 Å². The average molecular weight is 269 g/mol. The summed E-state index contributed by atoms with van der Waals surface area (Å²) in [5.74, 6) is 1.21. The number of aromatic nitrogens is 3. The molecule has 2 heterocycles. The second-order valence-corrected chi connectivity index (χ2v) is 4.39. The van der Waals surface area contributed by atoms with E-state index in [4.69, 9.17) is 10.00 Å². The van der Waals surface area contributed by atoms with Gasteiger partial charge in [-0.15, -0.1) is 0 Å². The fourth-order valence-electron chi connectivity index (χ4n) is 1.55. The van der Waals surface area contributed by atoms with Gasteiger partial charge in [-0.25, -0.2) is 15.0 Å². The molecule has 20 heavy (non-hydrogen) atoms. The van der Waals surface area contributed by atoms with E-state index in [9.17, 15) is 0 Å². The minimum absolute atomic E-state index is 0.0679. The molecule has 0 aliphatic rings. The SMILES string of the molecule is CC(C)Oc1ncccc1CNc1cnc(C#N)cn1. The summed E-state index contributed by atoms with van der Waals surface area (Å²) in [5.41, 5.74) is 1.23. The summed E-state index contributed by atoms with van der Waals surface area (Å²) in [6, 6.07) is 5.72. The first kappa shape index (κ1) is 13.7. The molecule has 1 N–H and O–H groups in total. The van der Waals surface area contributed by atoms with E-state index in [1.165, 1.54) is 12.4 Å². The van der Waals surface area contributed by atoms with Gasteiger partial charge in [-0.05, 0) is 19.9 Å². The molecule has 0 saturated carbocycles. The van der Waals surface area contributed by atoms with Crippen LogP contribution in [0.2, 0.25) is 0 Å². The zero-order chi connectivity index (χ0) is 14.4. The summed E-state index contributed by atoms with van der Waals surface area (Å²) in [6.45, 7) is 4.44. The molecule has 0 unspecified atom stereocenters. The van der Waals surface area contributed by atoms with E-state index in [2.05, 4.69) is 20.3 Å². The number of ether oxygens (including phenoxy) is 1. The van der Waals surface area contributed by atoms with Gasteiger partial charge in [-0.3, -0.25) is 0 Å². The van der Waals surface area contributed by atoms with Crippen LogP contribution < -0.4 is 10.1 Å². The first-order valence-corrected chi connectivity index (χ1v) is 6.25. The van der Waals surface area contributed by atoms with Crippen LogP contribution in [-0.2, 0) is 6.54 Å². The number of nitrogens with zero attached hydrogens (tertiary/aromatic N) is 4. The molecule has 0 spiro atoms. The zero-order valence-corrected chi connectivity index (χ0v) is 11.4. The van der Waals surface area contributed by atoms with E-state index in [0.29, 0.717) is 23.9 Å². The number of hydrogen-bond donors (Lipinski definition) is 1. The highest BCUT2D eigenvalue weighted by Crippen LogP contribution is 2.17. The maximum absolute atomic E-state index is 8.66. The van der Waals surface area contributed by atoms with Gasteiger partial charge in [-0.1, -0.05) is 6.07 Å². The van der Waals surface area contributed by atoms with Gasteiger partial charge in [0.2, 0.25) is 5.88 Å². The molecular weight excluding hydrogens is 254 g/mol. The van der Waals surface area contributed by atoms with Crippen molar-refractivity contribution in [3.8, 4) is 11.9 Å².